The summed E-state index contributed by atoms with van der Waals surface area (Å²) in [6.45, 7) is 7.64. The van der Waals surface area contributed by atoms with Gasteiger partial charge in [0.25, 0.3) is 0 Å². The lowest BCUT2D eigenvalue weighted by atomic mass is 10.1. The van der Waals surface area contributed by atoms with Crippen LogP contribution in [0, 0.1) is 0 Å². The van der Waals surface area contributed by atoms with Gasteiger partial charge < -0.3 is 14.4 Å². The van der Waals surface area contributed by atoms with Crippen molar-refractivity contribution >= 4 is 17.5 Å². The van der Waals surface area contributed by atoms with E-state index < -0.39 is 0 Å². The van der Waals surface area contributed by atoms with Crippen LogP contribution in [0.5, 0.6) is 0 Å². The summed E-state index contributed by atoms with van der Waals surface area (Å²) in [5.74, 6) is 0.412. The molecule has 1 amide bonds. The quantitative estimate of drug-likeness (QED) is 0.705. The van der Waals surface area contributed by atoms with Gasteiger partial charge in [0.1, 0.15) is 6.61 Å². The zero-order valence-corrected chi connectivity index (χ0v) is 10.9. The third kappa shape index (κ3) is 3.92. The zero-order chi connectivity index (χ0) is 12.2. The molecular weight excluding hydrogens is 230 g/mol. The summed E-state index contributed by atoms with van der Waals surface area (Å²) < 4.78 is 10.9. The fourth-order valence-corrected chi connectivity index (χ4v) is 2.01. The van der Waals surface area contributed by atoms with E-state index >= 15 is 0 Å². The first-order valence-corrected chi connectivity index (χ1v) is 6.11. The maximum atomic E-state index is 11.8. The number of ether oxygens (including phenoxy) is 2. The third-order valence-electron chi connectivity index (χ3n) is 2.44. The smallest absolute Gasteiger partial charge is 0.248 e. The lowest BCUT2D eigenvalue weighted by molar-refractivity contribution is -0.161. The lowest BCUT2D eigenvalue weighted by Crippen LogP contribution is -2.55. The van der Waals surface area contributed by atoms with E-state index in [0.717, 1.165) is 0 Å². The Balaban J connectivity index is 2.55. The van der Waals surface area contributed by atoms with Crippen LogP contribution >= 0.6 is 11.6 Å². The number of carbonyl (C=O) groups excluding carboxylic acids is 1. The van der Waals surface area contributed by atoms with Crippen LogP contribution in [-0.2, 0) is 14.3 Å². The Morgan fingerprint density at radius 3 is 2.88 bits per heavy atom. The predicted molar refractivity (Wildman–Crippen MR) is 62.7 cm³/mol. The van der Waals surface area contributed by atoms with E-state index in [4.69, 9.17) is 21.1 Å². The molecule has 1 aliphatic rings. The van der Waals surface area contributed by atoms with E-state index in [2.05, 4.69) is 0 Å². The van der Waals surface area contributed by atoms with E-state index in [0.29, 0.717) is 25.6 Å². The minimum Gasteiger partial charge on any atom is -0.372 e. The molecule has 4 nitrogen and oxygen atoms in total. The van der Waals surface area contributed by atoms with Crippen LogP contribution in [0.3, 0.4) is 0 Å². The van der Waals surface area contributed by atoms with Crippen molar-refractivity contribution in [1.29, 1.82) is 0 Å². The van der Waals surface area contributed by atoms with E-state index in [9.17, 15) is 4.79 Å². The molecule has 1 heterocycles. The normalized spacial score (nSPS) is 24.5. The second kappa shape index (κ2) is 5.84. The van der Waals surface area contributed by atoms with Crippen molar-refractivity contribution < 1.29 is 14.3 Å². The summed E-state index contributed by atoms with van der Waals surface area (Å²) in [4.78, 5) is 13.6. The fourth-order valence-electron chi connectivity index (χ4n) is 1.85. The molecule has 16 heavy (non-hydrogen) atoms. The number of alkyl halides is 1. The molecule has 0 spiro atoms. The minimum absolute atomic E-state index is 0.00772. The number of hydrogen-bond acceptors (Lipinski definition) is 3. The third-order valence-corrected chi connectivity index (χ3v) is 2.78. The monoisotopic (exact) mass is 249 g/mol. The van der Waals surface area contributed by atoms with Gasteiger partial charge in [-0.25, -0.2) is 0 Å². The number of halogens is 1. The van der Waals surface area contributed by atoms with Crippen molar-refractivity contribution in [2.24, 2.45) is 0 Å². The number of hydrogen-bond donors (Lipinski definition) is 0. The van der Waals surface area contributed by atoms with E-state index in [1.807, 2.05) is 20.8 Å². The maximum Gasteiger partial charge on any atom is 0.248 e. The van der Waals surface area contributed by atoms with Crippen molar-refractivity contribution in [3.63, 3.8) is 0 Å². The summed E-state index contributed by atoms with van der Waals surface area (Å²) >= 11 is 5.79. The van der Waals surface area contributed by atoms with Crippen LogP contribution in [0.2, 0.25) is 0 Å². The Kier molecular flexibility index (Phi) is 5.02. The second-order valence-electron chi connectivity index (χ2n) is 4.57. The molecule has 0 aromatic carbocycles. The molecule has 1 aliphatic heterocycles. The van der Waals surface area contributed by atoms with Gasteiger partial charge in [-0.05, 0) is 20.8 Å². The summed E-state index contributed by atoms with van der Waals surface area (Å²) in [5.41, 5.74) is -0.334. The van der Waals surface area contributed by atoms with Gasteiger partial charge in [0.15, 0.2) is 0 Å². The Morgan fingerprint density at radius 1 is 1.62 bits per heavy atom. The van der Waals surface area contributed by atoms with Gasteiger partial charge in [0.05, 0.1) is 17.6 Å². The van der Waals surface area contributed by atoms with Crippen molar-refractivity contribution in [2.45, 2.75) is 32.5 Å². The number of nitrogens with zero attached hydrogens (tertiary/aromatic N) is 1. The van der Waals surface area contributed by atoms with Crippen LogP contribution in [0.4, 0.5) is 0 Å². The molecule has 0 saturated carbocycles. The minimum atomic E-state index is -0.334. The van der Waals surface area contributed by atoms with Gasteiger partial charge in [-0.2, -0.15) is 0 Å². The summed E-state index contributed by atoms with van der Waals surface area (Å²) in [6.07, 6.45) is -0.0870. The van der Waals surface area contributed by atoms with E-state index in [-0.39, 0.29) is 24.2 Å². The van der Waals surface area contributed by atoms with Crippen LogP contribution in [0.15, 0.2) is 0 Å². The number of rotatable bonds is 4. The molecule has 0 radical (unpaired) electrons. The molecule has 0 aromatic heterocycles. The molecule has 1 atom stereocenters. The molecule has 0 bridgehead atoms. The van der Waals surface area contributed by atoms with Gasteiger partial charge in [0.2, 0.25) is 5.91 Å². The molecule has 1 saturated heterocycles. The van der Waals surface area contributed by atoms with Crippen LogP contribution in [0.25, 0.3) is 0 Å². The predicted octanol–water partition coefficient (Wildman–Crippen LogP) is 1.27. The maximum absolute atomic E-state index is 11.8. The van der Waals surface area contributed by atoms with Crippen LogP contribution < -0.4 is 0 Å². The Morgan fingerprint density at radius 2 is 2.31 bits per heavy atom. The zero-order valence-electron chi connectivity index (χ0n) is 10.2. The largest absolute Gasteiger partial charge is 0.372 e. The molecule has 94 valence electrons. The van der Waals surface area contributed by atoms with Gasteiger partial charge in [-0.15, -0.1) is 11.6 Å². The first-order chi connectivity index (χ1) is 7.48. The molecule has 0 N–H and O–H groups in total. The highest BCUT2D eigenvalue weighted by Crippen LogP contribution is 2.21. The SMILES string of the molecule is CCOCC(=O)N1CC(CCl)OC(C)(C)C1. The number of carbonyl (C=O) groups is 1. The van der Waals surface area contributed by atoms with Crippen LogP contribution in [0.1, 0.15) is 20.8 Å². The van der Waals surface area contributed by atoms with Gasteiger partial charge >= 0.3 is 0 Å². The summed E-state index contributed by atoms with van der Waals surface area (Å²) in [5, 5.41) is 0. The molecule has 0 aromatic rings. The van der Waals surface area contributed by atoms with Crippen molar-refractivity contribution in [1.82, 2.24) is 4.90 Å². The van der Waals surface area contributed by atoms with Gasteiger partial charge in [-0.1, -0.05) is 0 Å². The van der Waals surface area contributed by atoms with Crippen molar-refractivity contribution in [3.05, 3.63) is 0 Å². The Hall–Kier alpha value is -0.320. The van der Waals surface area contributed by atoms with E-state index in [1.165, 1.54) is 0 Å². The topological polar surface area (TPSA) is 38.8 Å². The van der Waals surface area contributed by atoms with Crippen LogP contribution in [-0.4, -0.2) is 54.7 Å². The molecule has 5 heteroatoms. The average molecular weight is 250 g/mol. The summed E-state index contributed by atoms with van der Waals surface area (Å²) in [7, 11) is 0. The molecule has 1 rings (SSSR count). The Labute approximate surface area is 102 Å². The molecular formula is C11H20ClNO3. The van der Waals surface area contributed by atoms with Crippen molar-refractivity contribution in [3.8, 4) is 0 Å². The van der Waals surface area contributed by atoms with Gasteiger partial charge in [-0.3, -0.25) is 4.79 Å². The second-order valence-corrected chi connectivity index (χ2v) is 4.87. The van der Waals surface area contributed by atoms with Crippen molar-refractivity contribution in [2.75, 3.05) is 32.2 Å². The Bertz CT molecular complexity index is 245. The highest BCUT2D eigenvalue weighted by Gasteiger charge is 2.34. The summed E-state index contributed by atoms with van der Waals surface area (Å²) in [6, 6.07) is 0. The molecule has 1 fully saturated rings. The number of amides is 1. The highest BCUT2D eigenvalue weighted by molar-refractivity contribution is 6.18. The lowest BCUT2D eigenvalue weighted by Gasteiger charge is -2.42. The molecule has 0 aliphatic carbocycles. The van der Waals surface area contributed by atoms with E-state index in [1.54, 1.807) is 4.90 Å². The highest BCUT2D eigenvalue weighted by atomic mass is 35.5. The first kappa shape index (κ1) is 13.7. The fraction of sp³-hybridized carbons (Fsp3) is 0.909. The average Bonchev–Trinajstić information content (AvgIpc) is 2.23. The molecule has 1 unspecified atom stereocenters. The van der Waals surface area contributed by atoms with Gasteiger partial charge in [0, 0.05) is 19.7 Å². The standard InChI is InChI=1S/C11H20ClNO3/c1-4-15-7-10(14)13-6-9(5-12)16-11(2,3)8-13/h9H,4-8H2,1-3H3. The number of morpholine rings is 1. The first-order valence-electron chi connectivity index (χ1n) is 5.58.